The van der Waals surface area contributed by atoms with Gasteiger partial charge in [-0.15, -0.1) is 0 Å². The summed E-state index contributed by atoms with van der Waals surface area (Å²) in [5.74, 6) is 4.79. The molecule has 2 atom stereocenters. The first-order valence-electron chi connectivity index (χ1n) is 6.69. The summed E-state index contributed by atoms with van der Waals surface area (Å²) in [6.45, 7) is 3.92. The Labute approximate surface area is 113 Å². The smallest absolute Gasteiger partial charge is 0.263 e. The first-order valence-corrected chi connectivity index (χ1v) is 6.69. The Morgan fingerprint density at radius 1 is 1.42 bits per heavy atom. The molecule has 0 saturated carbocycles. The van der Waals surface area contributed by atoms with E-state index in [9.17, 15) is 9.59 Å². The molecule has 1 rings (SSSR count). The van der Waals surface area contributed by atoms with Gasteiger partial charge in [0, 0.05) is 13.6 Å². The lowest BCUT2D eigenvalue weighted by Gasteiger charge is -2.24. The SMILES string of the molecule is CCCN(CC(=O)NC)CC1CCC(C(=O)NN)O1. The predicted octanol–water partition coefficient (Wildman–Crippen LogP) is -1.02. The molecule has 7 nitrogen and oxygen atoms in total. The molecular weight excluding hydrogens is 248 g/mol. The van der Waals surface area contributed by atoms with Crippen molar-refractivity contribution in [3.8, 4) is 0 Å². The third-order valence-corrected chi connectivity index (χ3v) is 3.19. The summed E-state index contributed by atoms with van der Waals surface area (Å²) in [5.41, 5.74) is 2.11. The van der Waals surface area contributed by atoms with Gasteiger partial charge in [-0.25, -0.2) is 5.84 Å². The van der Waals surface area contributed by atoms with E-state index in [1.807, 2.05) is 4.90 Å². The number of hydrogen-bond donors (Lipinski definition) is 3. The molecule has 0 aliphatic carbocycles. The summed E-state index contributed by atoms with van der Waals surface area (Å²) in [4.78, 5) is 24.8. The molecular formula is C12H24N4O3. The van der Waals surface area contributed by atoms with E-state index in [0.29, 0.717) is 19.5 Å². The van der Waals surface area contributed by atoms with E-state index in [2.05, 4.69) is 17.7 Å². The van der Waals surface area contributed by atoms with Gasteiger partial charge in [0.25, 0.3) is 5.91 Å². The minimum Gasteiger partial charge on any atom is -0.364 e. The van der Waals surface area contributed by atoms with Crippen molar-refractivity contribution < 1.29 is 14.3 Å². The van der Waals surface area contributed by atoms with Crippen LogP contribution in [0.2, 0.25) is 0 Å². The fourth-order valence-corrected chi connectivity index (χ4v) is 2.25. The van der Waals surface area contributed by atoms with Crippen molar-refractivity contribution in [2.75, 3.05) is 26.7 Å². The molecule has 0 bridgehead atoms. The first-order chi connectivity index (χ1) is 9.10. The van der Waals surface area contributed by atoms with Crippen LogP contribution >= 0.6 is 0 Å². The molecule has 1 saturated heterocycles. The molecule has 2 amide bonds. The van der Waals surface area contributed by atoms with Crippen LogP contribution in [0.3, 0.4) is 0 Å². The molecule has 19 heavy (non-hydrogen) atoms. The molecule has 4 N–H and O–H groups in total. The Morgan fingerprint density at radius 3 is 2.74 bits per heavy atom. The number of likely N-dealkylation sites (N-methyl/N-ethyl adjacent to an activating group) is 1. The fraction of sp³-hybridized carbons (Fsp3) is 0.833. The van der Waals surface area contributed by atoms with Crippen LogP contribution in [0, 0.1) is 0 Å². The summed E-state index contributed by atoms with van der Waals surface area (Å²) in [7, 11) is 1.63. The zero-order valence-electron chi connectivity index (χ0n) is 11.6. The Hall–Kier alpha value is -1.18. The van der Waals surface area contributed by atoms with Gasteiger partial charge in [-0.1, -0.05) is 6.92 Å². The predicted molar refractivity (Wildman–Crippen MR) is 71.0 cm³/mol. The molecule has 0 spiro atoms. The van der Waals surface area contributed by atoms with Crippen LogP contribution in [0.1, 0.15) is 26.2 Å². The Morgan fingerprint density at radius 2 is 2.16 bits per heavy atom. The number of hydrogen-bond acceptors (Lipinski definition) is 5. The molecule has 0 aromatic rings. The molecule has 1 aliphatic rings. The molecule has 1 fully saturated rings. The topological polar surface area (TPSA) is 96.7 Å². The van der Waals surface area contributed by atoms with Gasteiger partial charge in [0.1, 0.15) is 6.10 Å². The number of rotatable bonds is 7. The highest BCUT2D eigenvalue weighted by atomic mass is 16.5. The molecule has 7 heteroatoms. The van der Waals surface area contributed by atoms with Crippen LogP contribution in [0.25, 0.3) is 0 Å². The van der Waals surface area contributed by atoms with Gasteiger partial charge < -0.3 is 10.1 Å². The average molecular weight is 272 g/mol. The maximum absolute atomic E-state index is 11.4. The number of nitrogens with zero attached hydrogens (tertiary/aromatic N) is 1. The van der Waals surface area contributed by atoms with Gasteiger partial charge in [0.15, 0.2) is 0 Å². The highest BCUT2D eigenvalue weighted by Gasteiger charge is 2.31. The number of hydrazine groups is 1. The lowest BCUT2D eigenvalue weighted by molar-refractivity contribution is -0.133. The Kier molecular flexibility index (Phi) is 6.75. The third kappa shape index (κ3) is 5.14. The second kappa shape index (κ2) is 8.08. The quantitative estimate of drug-likeness (QED) is 0.313. The third-order valence-electron chi connectivity index (χ3n) is 3.19. The van der Waals surface area contributed by atoms with Crippen molar-refractivity contribution in [3.05, 3.63) is 0 Å². The maximum atomic E-state index is 11.4. The highest BCUT2D eigenvalue weighted by Crippen LogP contribution is 2.20. The van der Waals surface area contributed by atoms with E-state index in [1.165, 1.54) is 0 Å². The summed E-state index contributed by atoms with van der Waals surface area (Å²) in [5, 5.41) is 2.61. The normalized spacial score (nSPS) is 22.5. The first kappa shape index (κ1) is 15.9. The Balaban J connectivity index is 2.42. The fourth-order valence-electron chi connectivity index (χ4n) is 2.25. The van der Waals surface area contributed by atoms with Crippen LogP contribution in [0.5, 0.6) is 0 Å². The number of carbonyl (C=O) groups excluding carboxylic acids is 2. The second-order valence-electron chi connectivity index (χ2n) is 4.74. The zero-order chi connectivity index (χ0) is 14.3. The lowest BCUT2D eigenvalue weighted by atomic mass is 10.2. The van der Waals surface area contributed by atoms with Crippen molar-refractivity contribution >= 4 is 11.8 Å². The van der Waals surface area contributed by atoms with Gasteiger partial charge in [0.2, 0.25) is 5.91 Å². The monoisotopic (exact) mass is 272 g/mol. The minimum atomic E-state index is -0.460. The largest absolute Gasteiger partial charge is 0.364 e. The van der Waals surface area contributed by atoms with Crippen molar-refractivity contribution in [2.24, 2.45) is 5.84 Å². The van der Waals surface area contributed by atoms with Crippen LogP contribution in [0.4, 0.5) is 0 Å². The van der Waals surface area contributed by atoms with Crippen LogP contribution in [-0.4, -0.2) is 55.6 Å². The number of nitrogens with one attached hydrogen (secondary N) is 2. The summed E-state index contributed by atoms with van der Waals surface area (Å²) in [6, 6.07) is 0. The standard InChI is InChI=1S/C12H24N4O3/c1-3-6-16(8-11(17)14-2)7-9-4-5-10(19-9)12(18)15-13/h9-10H,3-8,13H2,1-2H3,(H,14,17)(H,15,18). The highest BCUT2D eigenvalue weighted by molar-refractivity contribution is 5.80. The van der Waals surface area contributed by atoms with E-state index in [0.717, 1.165) is 19.4 Å². The van der Waals surface area contributed by atoms with Gasteiger partial charge >= 0.3 is 0 Å². The van der Waals surface area contributed by atoms with Crippen LogP contribution < -0.4 is 16.6 Å². The molecule has 1 heterocycles. The number of nitrogens with two attached hydrogens (primary N) is 1. The van der Waals surface area contributed by atoms with Crippen LogP contribution in [0.15, 0.2) is 0 Å². The van der Waals surface area contributed by atoms with E-state index in [4.69, 9.17) is 10.6 Å². The maximum Gasteiger partial charge on any atom is 0.263 e. The minimum absolute atomic E-state index is 0.0114. The zero-order valence-corrected chi connectivity index (χ0v) is 11.6. The molecule has 1 aliphatic heterocycles. The van der Waals surface area contributed by atoms with Gasteiger partial charge in [-0.2, -0.15) is 0 Å². The molecule has 2 unspecified atom stereocenters. The summed E-state index contributed by atoms with van der Waals surface area (Å²) in [6.07, 6.45) is 1.98. The van der Waals surface area contributed by atoms with Crippen molar-refractivity contribution in [1.29, 1.82) is 0 Å². The van der Waals surface area contributed by atoms with Crippen molar-refractivity contribution in [3.63, 3.8) is 0 Å². The molecule has 0 aromatic heterocycles. The second-order valence-corrected chi connectivity index (χ2v) is 4.74. The van der Waals surface area contributed by atoms with Gasteiger partial charge in [0.05, 0.1) is 12.6 Å². The van der Waals surface area contributed by atoms with Gasteiger partial charge in [-0.05, 0) is 25.8 Å². The van der Waals surface area contributed by atoms with E-state index < -0.39 is 6.10 Å². The van der Waals surface area contributed by atoms with Crippen molar-refractivity contribution in [1.82, 2.24) is 15.6 Å². The van der Waals surface area contributed by atoms with E-state index in [-0.39, 0.29) is 17.9 Å². The summed E-state index contributed by atoms with van der Waals surface area (Å²) < 4.78 is 5.64. The van der Waals surface area contributed by atoms with E-state index >= 15 is 0 Å². The lowest BCUT2D eigenvalue weighted by Crippen LogP contribution is -2.42. The Bertz CT molecular complexity index is 311. The molecule has 110 valence electrons. The number of carbonyl (C=O) groups is 2. The number of amides is 2. The average Bonchev–Trinajstić information content (AvgIpc) is 2.86. The molecule has 0 aromatic carbocycles. The number of ether oxygens (including phenoxy) is 1. The summed E-state index contributed by atoms with van der Waals surface area (Å²) >= 11 is 0. The molecule has 0 radical (unpaired) electrons. The van der Waals surface area contributed by atoms with Gasteiger partial charge in [-0.3, -0.25) is 19.9 Å². The van der Waals surface area contributed by atoms with Crippen molar-refractivity contribution in [2.45, 2.75) is 38.4 Å². The van der Waals surface area contributed by atoms with Crippen LogP contribution in [-0.2, 0) is 14.3 Å². The van der Waals surface area contributed by atoms with E-state index in [1.54, 1.807) is 7.05 Å².